The molecule has 0 saturated carbocycles. The summed E-state index contributed by atoms with van der Waals surface area (Å²) in [6.45, 7) is 1.47. The fourth-order valence-electron chi connectivity index (χ4n) is 1.74. The number of nitrogens with one attached hydrogen (secondary N) is 1. The van der Waals surface area contributed by atoms with E-state index in [1.807, 2.05) is 0 Å². The molecule has 0 bridgehead atoms. The van der Waals surface area contributed by atoms with E-state index in [0.717, 1.165) is 29.7 Å². The number of aromatic nitrogens is 2. The first kappa shape index (κ1) is 18.2. The molecule has 130 valence electrons. The minimum Gasteiger partial charge on any atom is -0.329 e. The number of anilines is 2. The Balaban J connectivity index is 2.11. The summed E-state index contributed by atoms with van der Waals surface area (Å²) < 4.78 is 42.1. The van der Waals surface area contributed by atoms with Gasteiger partial charge < -0.3 is 10.2 Å². The van der Waals surface area contributed by atoms with Gasteiger partial charge in [0.15, 0.2) is 0 Å². The summed E-state index contributed by atoms with van der Waals surface area (Å²) in [5.41, 5.74) is -0.823. The van der Waals surface area contributed by atoms with Gasteiger partial charge >= 0.3 is 6.18 Å². The predicted molar refractivity (Wildman–Crippen MR) is 80.9 cm³/mol. The second-order valence-corrected chi connectivity index (χ2v) is 5.84. The zero-order valence-electron chi connectivity index (χ0n) is 12.0. The fraction of sp³-hybridized carbons (Fsp3) is 0.333. The molecule has 24 heavy (non-hydrogen) atoms. The maximum Gasteiger partial charge on any atom is 0.416 e. The van der Waals surface area contributed by atoms with E-state index < -0.39 is 22.9 Å². The van der Waals surface area contributed by atoms with Crippen LogP contribution in [0.2, 0.25) is 5.02 Å². The van der Waals surface area contributed by atoms with Crippen LogP contribution in [0.1, 0.15) is 18.3 Å². The van der Waals surface area contributed by atoms with Crippen molar-refractivity contribution >= 4 is 34.0 Å². The lowest BCUT2D eigenvalue weighted by Gasteiger charge is -2.10. The van der Waals surface area contributed by atoms with E-state index in [9.17, 15) is 23.3 Å². The number of alkyl halides is 3. The first-order chi connectivity index (χ1) is 11.1. The molecule has 1 aromatic carbocycles. The van der Waals surface area contributed by atoms with Crippen LogP contribution >= 0.6 is 23.1 Å². The molecule has 12 heteroatoms. The van der Waals surface area contributed by atoms with E-state index in [1.54, 1.807) is 0 Å². The molecule has 1 heterocycles. The molecular formula is C12H10ClF3N4O3S. The number of benzene rings is 1. The van der Waals surface area contributed by atoms with Crippen molar-refractivity contribution < 1.29 is 23.1 Å². The smallest absolute Gasteiger partial charge is 0.329 e. The molecule has 1 N–H and O–H groups in total. The number of rotatable bonds is 6. The van der Waals surface area contributed by atoms with Gasteiger partial charge in [-0.1, -0.05) is 11.6 Å². The summed E-state index contributed by atoms with van der Waals surface area (Å²) in [6, 6.07) is 2.86. The summed E-state index contributed by atoms with van der Waals surface area (Å²) >= 11 is 6.77. The van der Waals surface area contributed by atoms with Gasteiger partial charge in [-0.15, -0.1) is 10.1 Å². The van der Waals surface area contributed by atoms with Crippen molar-refractivity contribution in [2.24, 2.45) is 0 Å². The lowest BCUT2D eigenvalue weighted by molar-refractivity contribution is -0.767. The third-order valence-electron chi connectivity index (χ3n) is 2.74. The summed E-state index contributed by atoms with van der Waals surface area (Å²) in [5, 5.41) is 12.3. The third-order valence-corrected chi connectivity index (χ3v) is 3.74. The summed E-state index contributed by atoms with van der Waals surface area (Å²) in [7, 11) is 0. The third kappa shape index (κ3) is 4.93. The Morgan fingerprint density at radius 3 is 2.83 bits per heavy atom. The maximum atomic E-state index is 12.7. The fourth-order valence-corrected chi connectivity index (χ4v) is 2.52. The van der Waals surface area contributed by atoms with Crippen LogP contribution in [0.3, 0.4) is 0 Å². The average Bonchev–Trinajstić information content (AvgIpc) is 2.86. The summed E-state index contributed by atoms with van der Waals surface area (Å²) in [5.74, 6) is 0.264. The highest BCUT2D eigenvalue weighted by molar-refractivity contribution is 7.09. The molecule has 7 nitrogen and oxygen atoms in total. The van der Waals surface area contributed by atoms with Crippen molar-refractivity contribution in [1.29, 1.82) is 0 Å². The number of hydrogen-bond acceptors (Lipinski definition) is 7. The molecule has 0 aliphatic carbocycles. The zero-order chi connectivity index (χ0) is 17.9. The minimum atomic E-state index is -4.50. The zero-order valence-corrected chi connectivity index (χ0v) is 13.6. The van der Waals surface area contributed by atoms with Crippen LogP contribution in [0.25, 0.3) is 0 Å². The van der Waals surface area contributed by atoms with Crippen LogP contribution in [0, 0.1) is 10.1 Å². The van der Waals surface area contributed by atoms with Crippen LogP contribution in [0.4, 0.5) is 24.0 Å². The van der Waals surface area contributed by atoms with E-state index in [1.165, 1.54) is 6.92 Å². The van der Waals surface area contributed by atoms with Crippen molar-refractivity contribution in [3.05, 3.63) is 44.7 Å². The van der Waals surface area contributed by atoms with Gasteiger partial charge in [0.2, 0.25) is 5.13 Å². The van der Waals surface area contributed by atoms with Crippen molar-refractivity contribution in [1.82, 2.24) is 9.36 Å². The highest BCUT2D eigenvalue weighted by Crippen LogP contribution is 2.35. The molecule has 0 saturated heterocycles. The topological polar surface area (TPSA) is 90.2 Å². The highest BCUT2D eigenvalue weighted by atomic mass is 35.5. The van der Waals surface area contributed by atoms with Crippen LogP contribution < -0.4 is 5.32 Å². The average molecular weight is 383 g/mol. The monoisotopic (exact) mass is 382 g/mol. The van der Waals surface area contributed by atoms with E-state index in [4.69, 9.17) is 11.6 Å². The number of halogens is 4. The van der Waals surface area contributed by atoms with Gasteiger partial charge in [0.05, 0.1) is 16.3 Å². The van der Waals surface area contributed by atoms with Gasteiger partial charge in [0.25, 0.3) is 5.09 Å². The normalized spacial score (nSPS) is 12.7. The van der Waals surface area contributed by atoms with Gasteiger partial charge in [0.1, 0.15) is 11.9 Å². The van der Waals surface area contributed by atoms with Gasteiger partial charge in [-0.25, -0.2) is 4.98 Å². The Bertz CT molecular complexity index is 741. The standard InChI is InChI=1S/C12H10ClF3N4O3S/c1-6(23-20(21)22)4-10-18-11(24-19-10)17-9-5-7(12(14,15)16)2-3-8(9)13/h2-3,5-6H,4H2,1H3,(H,17,18,19). The molecule has 1 aromatic heterocycles. The molecule has 2 aromatic rings. The lowest BCUT2D eigenvalue weighted by atomic mass is 10.2. The predicted octanol–water partition coefficient (Wildman–Crippen LogP) is 4.09. The quantitative estimate of drug-likeness (QED) is 0.597. The molecular weight excluding hydrogens is 373 g/mol. The Labute approximate surface area is 142 Å². The van der Waals surface area contributed by atoms with Crippen LogP contribution in [0.15, 0.2) is 18.2 Å². The molecule has 1 atom stereocenters. The van der Waals surface area contributed by atoms with E-state index >= 15 is 0 Å². The van der Waals surface area contributed by atoms with Crippen LogP contribution in [0.5, 0.6) is 0 Å². The number of nitrogens with zero attached hydrogens (tertiary/aromatic N) is 3. The molecule has 0 aliphatic heterocycles. The molecule has 1 unspecified atom stereocenters. The van der Waals surface area contributed by atoms with E-state index in [0.29, 0.717) is 0 Å². The van der Waals surface area contributed by atoms with Crippen LogP contribution in [-0.2, 0) is 17.4 Å². The van der Waals surface area contributed by atoms with Gasteiger partial charge in [-0.3, -0.25) is 0 Å². The molecule has 0 amide bonds. The first-order valence-corrected chi connectivity index (χ1v) is 7.58. The molecule has 0 spiro atoms. The van der Waals surface area contributed by atoms with Crippen molar-refractivity contribution in [2.45, 2.75) is 25.6 Å². The van der Waals surface area contributed by atoms with E-state index in [-0.39, 0.29) is 28.1 Å². The van der Waals surface area contributed by atoms with Gasteiger partial charge in [-0.2, -0.15) is 17.5 Å². The van der Waals surface area contributed by atoms with Gasteiger partial charge in [-0.05, 0) is 25.1 Å². The van der Waals surface area contributed by atoms with Crippen molar-refractivity contribution in [2.75, 3.05) is 5.32 Å². The minimum absolute atomic E-state index is 0.0313. The molecule has 0 fully saturated rings. The lowest BCUT2D eigenvalue weighted by Crippen LogP contribution is -2.16. The Morgan fingerprint density at radius 1 is 1.50 bits per heavy atom. The van der Waals surface area contributed by atoms with E-state index in [2.05, 4.69) is 19.5 Å². The summed E-state index contributed by atoms with van der Waals surface area (Å²) in [6.07, 6.45) is -5.17. The molecule has 2 rings (SSSR count). The molecule has 0 aliphatic rings. The Morgan fingerprint density at radius 2 is 2.21 bits per heavy atom. The maximum absolute atomic E-state index is 12.7. The Hall–Kier alpha value is -2.14. The second kappa shape index (κ2) is 7.18. The van der Waals surface area contributed by atoms with Gasteiger partial charge in [0, 0.05) is 18.0 Å². The Kier molecular flexibility index (Phi) is 5.44. The van der Waals surface area contributed by atoms with Crippen LogP contribution in [-0.4, -0.2) is 20.5 Å². The molecule has 0 radical (unpaired) electrons. The van der Waals surface area contributed by atoms with Crippen molar-refractivity contribution in [3.63, 3.8) is 0 Å². The second-order valence-electron chi connectivity index (χ2n) is 4.68. The largest absolute Gasteiger partial charge is 0.416 e. The van der Waals surface area contributed by atoms with Crippen molar-refractivity contribution in [3.8, 4) is 0 Å². The summed E-state index contributed by atoms with van der Waals surface area (Å²) in [4.78, 5) is 18.6. The first-order valence-electron chi connectivity index (χ1n) is 6.42. The highest BCUT2D eigenvalue weighted by Gasteiger charge is 2.31. The number of hydrogen-bond donors (Lipinski definition) is 1. The SMILES string of the molecule is CC(Cc1nsc(Nc2cc(C(F)(F)F)ccc2Cl)n1)O[N+](=O)[O-].